The second-order valence-corrected chi connectivity index (χ2v) is 11.2. The highest BCUT2D eigenvalue weighted by atomic mass is 16.3. The molecule has 2 nitrogen and oxygen atoms in total. The number of aliphatic hydroxyl groups is 1. The summed E-state index contributed by atoms with van der Waals surface area (Å²) in [6, 6.07) is 28.7. The lowest BCUT2D eigenvalue weighted by Gasteiger charge is -2.37. The fourth-order valence-corrected chi connectivity index (χ4v) is 5.36. The molecule has 4 rings (SSSR count). The van der Waals surface area contributed by atoms with Crippen LogP contribution in [0, 0.1) is 12.8 Å². The van der Waals surface area contributed by atoms with Gasteiger partial charge in [0.05, 0.1) is 6.10 Å². The smallest absolute Gasteiger partial charge is 0.0802 e. The lowest BCUT2D eigenvalue weighted by molar-refractivity contribution is 0.120. The van der Waals surface area contributed by atoms with Gasteiger partial charge in [-0.15, -0.1) is 0 Å². The molecule has 2 unspecified atom stereocenters. The van der Waals surface area contributed by atoms with E-state index in [0.29, 0.717) is 11.8 Å². The molecule has 3 aromatic rings. The number of hydrogen-bond donors (Lipinski definition) is 1. The molecule has 1 heterocycles. The van der Waals surface area contributed by atoms with Gasteiger partial charge >= 0.3 is 0 Å². The SMILES string of the molecule is Cc1ccc(C(c2ccccc2)C2CCN(CCC(O)c3ccc(C(C)(C)C)cc3)CC2)cc1. The van der Waals surface area contributed by atoms with Crippen molar-refractivity contribution in [2.24, 2.45) is 5.92 Å². The van der Waals surface area contributed by atoms with Crippen LogP contribution in [-0.4, -0.2) is 29.6 Å². The molecule has 34 heavy (non-hydrogen) atoms. The van der Waals surface area contributed by atoms with Crippen LogP contribution in [-0.2, 0) is 5.41 Å². The number of hydrogen-bond acceptors (Lipinski definition) is 2. The summed E-state index contributed by atoms with van der Waals surface area (Å²) in [6.07, 6.45) is 2.80. The zero-order valence-corrected chi connectivity index (χ0v) is 21.4. The van der Waals surface area contributed by atoms with E-state index >= 15 is 0 Å². The summed E-state index contributed by atoms with van der Waals surface area (Å²) in [7, 11) is 0. The van der Waals surface area contributed by atoms with Crippen LogP contribution in [0.15, 0.2) is 78.9 Å². The molecule has 0 amide bonds. The summed E-state index contributed by atoms with van der Waals surface area (Å²) < 4.78 is 0. The van der Waals surface area contributed by atoms with Gasteiger partial charge in [-0.1, -0.05) is 105 Å². The normalized spacial score (nSPS) is 17.4. The minimum atomic E-state index is -0.392. The minimum absolute atomic E-state index is 0.143. The lowest BCUT2D eigenvalue weighted by Crippen LogP contribution is -2.37. The Morgan fingerprint density at radius 3 is 1.94 bits per heavy atom. The third-order valence-corrected chi connectivity index (χ3v) is 7.58. The van der Waals surface area contributed by atoms with Crippen LogP contribution in [0.1, 0.15) is 79.9 Å². The molecule has 0 saturated carbocycles. The van der Waals surface area contributed by atoms with Gasteiger partial charge in [-0.2, -0.15) is 0 Å². The van der Waals surface area contributed by atoms with Crippen LogP contribution in [0.25, 0.3) is 0 Å². The van der Waals surface area contributed by atoms with Crippen molar-refractivity contribution in [3.05, 3.63) is 107 Å². The molecule has 0 radical (unpaired) electrons. The Labute approximate surface area is 206 Å². The minimum Gasteiger partial charge on any atom is -0.388 e. The van der Waals surface area contributed by atoms with Crippen molar-refractivity contribution in [3.8, 4) is 0 Å². The summed E-state index contributed by atoms with van der Waals surface area (Å²) in [5, 5.41) is 10.8. The molecule has 0 aromatic heterocycles. The second-order valence-electron chi connectivity index (χ2n) is 11.2. The number of benzene rings is 3. The second kappa shape index (κ2) is 10.9. The third kappa shape index (κ3) is 6.17. The maximum absolute atomic E-state index is 10.8. The molecule has 3 aromatic carbocycles. The van der Waals surface area contributed by atoms with Crippen molar-refractivity contribution in [1.29, 1.82) is 0 Å². The quantitative estimate of drug-likeness (QED) is 0.405. The fraction of sp³-hybridized carbons (Fsp3) is 0.438. The van der Waals surface area contributed by atoms with Crippen molar-refractivity contribution >= 4 is 0 Å². The Bertz CT molecular complexity index is 1010. The predicted molar refractivity (Wildman–Crippen MR) is 143 cm³/mol. The van der Waals surface area contributed by atoms with E-state index in [9.17, 15) is 5.11 Å². The van der Waals surface area contributed by atoms with Crippen LogP contribution in [0.4, 0.5) is 0 Å². The number of rotatable bonds is 7. The van der Waals surface area contributed by atoms with Gasteiger partial charge in [-0.05, 0) is 72.9 Å². The van der Waals surface area contributed by atoms with E-state index in [0.717, 1.165) is 31.6 Å². The van der Waals surface area contributed by atoms with Gasteiger partial charge in [0.2, 0.25) is 0 Å². The van der Waals surface area contributed by atoms with Gasteiger partial charge in [0, 0.05) is 12.5 Å². The average Bonchev–Trinajstić information content (AvgIpc) is 2.85. The highest BCUT2D eigenvalue weighted by molar-refractivity contribution is 5.35. The van der Waals surface area contributed by atoms with E-state index in [1.54, 1.807) is 0 Å². The molecule has 1 saturated heterocycles. The van der Waals surface area contributed by atoms with Crippen molar-refractivity contribution in [1.82, 2.24) is 4.90 Å². The zero-order chi connectivity index (χ0) is 24.1. The maximum atomic E-state index is 10.8. The van der Waals surface area contributed by atoms with Gasteiger partial charge in [0.15, 0.2) is 0 Å². The van der Waals surface area contributed by atoms with E-state index in [1.165, 1.54) is 35.1 Å². The van der Waals surface area contributed by atoms with E-state index in [4.69, 9.17) is 0 Å². The number of nitrogens with zero attached hydrogens (tertiary/aromatic N) is 1. The average molecular weight is 456 g/mol. The van der Waals surface area contributed by atoms with Crippen molar-refractivity contribution in [2.75, 3.05) is 19.6 Å². The highest BCUT2D eigenvalue weighted by Crippen LogP contribution is 2.38. The molecule has 1 aliphatic heterocycles. The number of piperidine rings is 1. The Kier molecular flexibility index (Phi) is 7.91. The molecule has 1 N–H and O–H groups in total. The van der Waals surface area contributed by atoms with Gasteiger partial charge in [0.1, 0.15) is 0 Å². The van der Waals surface area contributed by atoms with E-state index in [-0.39, 0.29) is 5.41 Å². The molecule has 0 spiro atoms. The summed E-state index contributed by atoms with van der Waals surface area (Å²) in [5.41, 5.74) is 6.67. The van der Waals surface area contributed by atoms with Crippen molar-refractivity contribution in [3.63, 3.8) is 0 Å². The molecule has 2 heteroatoms. The number of likely N-dealkylation sites (tertiary alicyclic amines) is 1. The monoisotopic (exact) mass is 455 g/mol. The Hall–Kier alpha value is -2.42. The molecule has 2 atom stereocenters. The van der Waals surface area contributed by atoms with Crippen LogP contribution in [0.3, 0.4) is 0 Å². The molecule has 180 valence electrons. The zero-order valence-electron chi connectivity index (χ0n) is 21.4. The molecule has 0 bridgehead atoms. The fourth-order valence-electron chi connectivity index (χ4n) is 5.36. The first-order valence-corrected chi connectivity index (χ1v) is 12.9. The molecular formula is C32H41NO. The summed E-state index contributed by atoms with van der Waals surface area (Å²) >= 11 is 0. The first-order chi connectivity index (χ1) is 16.3. The first kappa shape index (κ1) is 24.7. The van der Waals surface area contributed by atoms with E-state index < -0.39 is 6.10 Å². The van der Waals surface area contributed by atoms with Gasteiger partial charge < -0.3 is 10.0 Å². The molecule has 1 fully saturated rings. The number of aryl methyl sites for hydroxylation is 1. The molecular weight excluding hydrogens is 414 g/mol. The van der Waals surface area contributed by atoms with Gasteiger partial charge in [0.25, 0.3) is 0 Å². The largest absolute Gasteiger partial charge is 0.388 e. The van der Waals surface area contributed by atoms with E-state index in [1.807, 2.05) is 0 Å². The topological polar surface area (TPSA) is 23.5 Å². The highest BCUT2D eigenvalue weighted by Gasteiger charge is 2.29. The summed E-state index contributed by atoms with van der Waals surface area (Å²) in [5.74, 6) is 1.10. The first-order valence-electron chi connectivity index (χ1n) is 12.9. The van der Waals surface area contributed by atoms with Crippen LogP contribution in [0.2, 0.25) is 0 Å². The standard InChI is InChI=1S/C32H41NO/c1-24-10-12-27(13-11-24)31(26-8-6-5-7-9-26)28-18-21-33(22-19-28)23-20-30(34)25-14-16-29(17-15-25)32(2,3)4/h5-17,28,30-31,34H,18-23H2,1-4H3. The predicted octanol–water partition coefficient (Wildman–Crippen LogP) is 7.26. The maximum Gasteiger partial charge on any atom is 0.0802 e. The summed E-state index contributed by atoms with van der Waals surface area (Å²) in [6.45, 7) is 12.0. The van der Waals surface area contributed by atoms with Crippen molar-refractivity contribution in [2.45, 2.75) is 64.4 Å². The van der Waals surface area contributed by atoms with Gasteiger partial charge in [-0.3, -0.25) is 0 Å². The molecule has 1 aliphatic rings. The van der Waals surface area contributed by atoms with Crippen LogP contribution < -0.4 is 0 Å². The lowest BCUT2D eigenvalue weighted by atomic mass is 9.76. The Morgan fingerprint density at radius 2 is 1.35 bits per heavy atom. The summed E-state index contributed by atoms with van der Waals surface area (Å²) in [4.78, 5) is 2.54. The van der Waals surface area contributed by atoms with E-state index in [2.05, 4.69) is 111 Å². The number of aliphatic hydroxyl groups excluding tert-OH is 1. The van der Waals surface area contributed by atoms with Crippen LogP contribution in [0.5, 0.6) is 0 Å². The van der Waals surface area contributed by atoms with Gasteiger partial charge in [-0.25, -0.2) is 0 Å². The molecule has 0 aliphatic carbocycles. The Morgan fingerprint density at radius 1 is 0.794 bits per heavy atom. The van der Waals surface area contributed by atoms with Crippen LogP contribution >= 0.6 is 0 Å². The Balaban J connectivity index is 1.35. The third-order valence-electron chi connectivity index (χ3n) is 7.58. The van der Waals surface area contributed by atoms with Crippen molar-refractivity contribution < 1.29 is 5.11 Å².